The summed E-state index contributed by atoms with van der Waals surface area (Å²) in [5, 5.41) is 0.909. The molecule has 0 bridgehead atoms. The van der Waals surface area contributed by atoms with Crippen molar-refractivity contribution < 1.29 is 17.9 Å². The third-order valence-electron chi connectivity index (χ3n) is 2.52. The van der Waals surface area contributed by atoms with Crippen molar-refractivity contribution in [3.05, 3.63) is 30.0 Å². The van der Waals surface area contributed by atoms with Crippen LogP contribution in [-0.4, -0.2) is 17.8 Å². The van der Waals surface area contributed by atoms with Crippen LogP contribution in [-0.2, 0) is 6.42 Å². The second kappa shape index (κ2) is 4.31. The van der Waals surface area contributed by atoms with Crippen LogP contribution in [0.2, 0.25) is 0 Å². The largest absolute Gasteiger partial charge is 0.484 e. The first kappa shape index (κ1) is 11.8. The first-order valence-corrected chi connectivity index (χ1v) is 5.29. The minimum Gasteiger partial charge on any atom is -0.484 e. The van der Waals surface area contributed by atoms with E-state index in [0.717, 1.165) is 22.9 Å². The SMILES string of the molecule is CCc1c[nH]c2ccc(OCC(F)(F)F)cc12. The molecule has 0 unspecified atom stereocenters. The summed E-state index contributed by atoms with van der Waals surface area (Å²) in [5.41, 5.74) is 1.97. The Hall–Kier alpha value is -1.65. The summed E-state index contributed by atoms with van der Waals surface area (Å²) in [6, 6.07) is 4.89. The van der Waals surface area contributed by atoms with Gasteiger partial charge in [0.15, 0.2) is 6.61 Å². The number of nitrogens with one attached hydrogen (secondary N) is 1. The highest BCUT2D eigenvalue weighted by atomic mass is 19.4. The van der Waals surface area contributed by atoms with E-state index in [1.165, 1.54) is 6.07 Å². The van der Waals surface area contributed by atoms with Crippen LogP contribution in [0.25, 0.3) is 10.9 Å². The van der Waals surface area contributed by atoms with Gasteiger partial charge in [-0.25, -0.2) is 0 Å². The third-order valence-corrected chi connectivity index (χ3v) is 2.52. The number of halogens is 3. The number of ether oxygens (including phenoxy) is 1. The molecular formula is C12H12F3NO. The smallest absolute Gasteiger partial charge is 0.422 e. The first-order chi connectivity index (χ1) is 7.99. The van der Waals surface area contributed by atoms with Gasteiger partial charge >= 0.3 is 6.18 Å². The molecule has 1 aromatic carbocycles. The van der Waals surface area contributed by atoms with Crippen molar-refractivity contribution in [2.75, 3.05) is 6.61 Å². The van der Waals surface area contributed by atoms with E-state index in [2.05, 4.69) is 4.98 Å². The van der Waals surface area contributed by atoms with Crippen molar-refractivity contribution in [3.8, 4) is 5.75 Å². The number of aryl methyl sites for hydroxylation is 1. The summed E-state index contributed by atoms with van der Waals surface area (Å²) in [6.45, 7) is 0.732. The normalized spacial score (nSPS) is 12.0. The highest BCUT2D eigenvalue weighted by Crippen LogP contribution is 2.25. The van der Waals surface area contributed by atoms with Crippen LogP contribution in [0.5, 0.6) is 5.75 Å². The predicted molar refractivity (Wildman–Crippen MR) is 59.2 cm³/mol. The van der Waals surface area contributed by atoms with Crippen LogP contribution in [0.3, 0.4) is 0 Å². The zero-order valence-corrected chi connectivity index (χ0v) is 9.27. The number of H-pyrrole nitrogens is 1. The van der Waals surface area contributed by atoms with Crippen molar-refractivity contribution in [2.24, 2.45) is 0 Å². The Morgan fingerprint density at radius 3 is 2.71 bits per heavy atom. The van der Waals surface area contributed by atoms with Gasteiger partial charge in [-0.3, -0.25) is 0 Å². The third kappa shape index (κ3) is 2.72. The number of hydrogen-bond donors (Lipinski definition) is 1. The average Bonchev–Trinajstić information content (AvgIpc) is 2.67. The van der Waals surface area contributed by atoms with Gasteiger partial charge in [0.25, 0.3) is 0 Å². The van der Waals surface area contributed by atoms with E-state index in [-0.39, 0.29) is 5.75 Å². The second-order valence-corrected chi connectivity index (χ2v) is 3.78. The van der Waals surface area contributed by atoms with Gasteiger partial charge in [-0.1, -0.05) is 6.92 Å². The van der Waals surface area contributed by atoms with Gasteiger partial charge in [0.05, 0.1) is 0 Å². The van der Waals surface area contributed by atoms with E-state index < -0.39 is 12.8 Å². The quantitative estimate of drug-likeness (QED) is 0.874. The molecule has 1 aromatic heterocycles. The van der Waals surface area contributed by atoms with Crippen molar-refractivity contribution in [2.45, 2.75) is 19.5 Å². The van der Waals surface area contributed by atoms with Crippen LogP contribution in [0.1, 0.15) is 12.5 Å². The molecule has 0 aliphatic heterocycles. The number of aromatic amines is 1. The molecule has 0 saturated carbocycles. The molecule has 1 N–H and O–H groups in total. The molecule has 0 saturated heterocycles. The van der Waals surface area contributed by atoms with E-state index >= 15 is 0 Å². The number of benzene rings is 1. The highest BCUT2D eigenvalue weighted by molar-refractivity contribution is 5.84. The molecule has 0 atom stereocenters. The summed E-state index contributed by atoms with van der Waals surface area (Å²) in [7, 11) is 0. The van der Waals surface area contributed by atoms with E-state index in [9.17, 15) is 13.2 Å². The zero-order valence-electron chi connectivity index (χ0n) is 9.27. The maximum Gasteiger partial charge on any atom is 0.422 e. The van der Waals surface area contributed by atoms with Gasteiger partial charge < -0.3 is 9.72 Å². The summed E-state index contributed by atoms with van der Waals surface area (Å²) in [4.78, 5) is 3.06. The summed E-state index contributed by atoms with van der Waals surface area (Å²) < 4.78 is 40.7. The average molecular weight is 243 g/mol. The Morgan fingerprint density at radius 2 is 2.06 bits per heavy atom. The number of rotatable bonds is 3. The molecule has 5 heteroatoms. The van der Waals surface area contributed by atoms with E-state index in [4.69, 9.17) is 4.74 Å². The molecule has 0 amide bonds. The van der Waals surface area contributed by atoms with Gasteiger partial charge in [0, 0.05) is 17.1 Å². The number of alkyl halides is 3. The van der Waals surface area contributed by atoms with Crippen molar-refractivity contribution in [1.82, 2.24) is 4.98 Å². The Balaban J connectivity index is 2.24. The molecule has 1 heterocycles. The van der Waals surface area contributed by atoms with Gasteiger partial charge in [0.1, 0.15) is 5.75 Å². The predicted octanol–water partition coefficient (Wildman–Crippen LogP) is 3.67. The van der Waals surface area contributed by atoms with Crippen molar-refractivity contribution >= 4 is 10.9 Å². The number of hydrogen-bond acceptors (Lipinski definition) is 1. The van der Waals surface area contributed by atoms with E-state index in [0.29, 0.717) is 0 Å². The zero-order chi connectivity index (χ0) is 12.5. The van der Waals surface area contributed by atoms with Crippen LogP contribution in [0.15, 0.2) is 24.4 Å². The second-order valence-electron chi connectivity index (χ2n) is 3.78. The first-order valence-electron chi connectivity index (χ1n) is 5.29. The molecule has 2 rings (SSSR count). The Kier molecular flexibility index (Phi) is 3.00. The minimum absolute atomic E-state index is 0.240. The lowest BCUT2D eigenvalue weighted by Crippen LogP contribution is -2.19. The van der Waals surface area contributed by atoms with Crippen LogP contribution < -0.4 is 4.74 Å². The van der Waals surface area contributed by atoms with E-state index in [1.807, 2.05) is 13.1 Å². The monoisotopic (exact) mass is 243 g/mol. The molecule has 0 radical (unpaired) electrons. The van der Waals surface area contributed by atoms with Gasteiger partial charge in [-0.2, -0.15) is 13.2 Å². The Bertz CT molecular complexity index is 516. The van der Waals surface area contributed by atoms with Crippen LogP contribution in [0, 0.1) is 0 Å². The van der Waals surface area contributed by atoms with Gasteiger partial charge in [-0.15, -0.1) is 0 Å². The fraction of sp³-hybridized carbons (Fsp3) is 0.333. The molecule has 2 nitrogen and oxygen atoms in total. The molecule has 0 fully saturated rings. The summed E-state index contributed by atoms with van der Waals surface area (Å²) in [5.74, 6) is 0.240. The lowest BCUT2D eigenvalue weighted by atomic mass is 10.1. The fourth-order valence-corrected chi connectivity index (χ4v) is 1.70. The van der Waals surface area contributed by atoms with Crippen molar-refractivity contribution in [1.29, 1.82) is 0 Å². The lowest BCUT2D eigenvalue weighted by molar-refractivity contribution is -0.153. The van der Waals surface area contributed by atoms with Crippen LogP contribution >= 0.6 is 0 Å². The van der Waals surface area contributed by atoms with Gasteiger partial charge in [0.2, 0.25) is 0 Å². The van der Waals surface area contributed by atoms with E-state index in [1.54, 1.807) is 12.1 Å². The molecule has 2 aromatic rings. The lowest BCUT2D eigenvalue weighted by Gasteiger charge is -2.09. The van der Waals surface area contributed by atoms with Gasteiger partial charge in [-0.05, 0) is 30.2 Å². The van der Waals surface area contributed by atoms with Crippen LogP contribution in [0.4, 0.5) is 13.2 Å². The van der Waals surface area contributed by atoms with Crippen molar-refractivity contribution in [3.63, 3.8) is 0 Å². The molecule has 0 aliphatic carbocycles. The molecular weight excluding hydrogens is 231 g/mol. The molecule has 0 aliphatic rings. The topological polar surface area (TPSA) is 25.0 Å². The summed E-state index contributed by atoms with van der Waals surface area (Å²) in [6.07, 6.45) is -1.62. The molecule has 17 heavy (non-hydrogen) atoms. The maximum atomic E-state index is 12.0. The number of fused-ring (bicyclic) bond motifs is 1. The maximum absolute atomic E-state index is 12.0. The highest BCUT2D eigenvalue weighted by Gasteiger charge is 2.28. The molecule has 92 valence electrons. The Labute approximate surface area is 96.4 Å². The minimum atomic E-state index is -4.30. The fourth-order valence-electron chi connectivity index (χ4n) is 1.70. The molecule has 0 spiro atoms. The standard InChI is InChI=1S/C12H12F3NO/c1-2-8-6-16-11-4-3-9(5-10(8)11)17-7-12(13,14)15/h3-6,16H,2,7H2,1H3. The Morgan fingerprint density at radius 1 is 1.29 bits per heavy atom. The summed E-state index contributed by atoms with van der Waals surface area (Å²) >= 11 is 0. The number of aromatic nitrogens is 1.